The summed E-state index contributed by atoms with van der Waals surface area (Å²) in [6.07, 6.45) is 1.98. The van der Waals surface area contributed by atoms with Crippen molar-refractivity contribution < 1.29 is 19.2 Å². The number of benzene rings is 1. The molecule has 1 amide bonds. The predicted molar refractivity (Wildman–Crippen MR) is 127 cm³/mol. The van der Waals surface area contributed by atoms with Crippen LogP contribution in [-0.2, 0) is 16.2 Å². The maximum atomic E-state index is 13.0. The van der Waals surface area contributed by atoms with Crippen LogP contribution in [0, 0.1) is 5.92 Å². The molecule has 0 aromatic heterocycles. The molecule has 0 spiro atoms. The molecular weight excluding hydrogens is 459 g/mol. The van der Waals surface area contributed by atoms with Gasteiger partial charge < -0.3 is 19.3 Å². The molecule has 1 aromatic rings. The Balaban J connectivity index is 2.37. The van der Waals surface area contributed by atoms with Crippen molar-refractivity contribution in [3.05, 3.63) is 40.4 Å². The second-order valence-corrected chi connectivity index (χ2v) is 11.5. The van der Waals surface area contributed by atoms with Crippen LogP contribution in [0.15, 0.2) is 24.8 Å². The van der Waals surface area contributed by atoms with Crippen molar-refractivity contribution in [2.24, 2.45) is 5.92 Å². The van der Waals surface area contributed by atoms with Gasteiger partial charge in [-0.25, -0.2) is 0 Å². The molecule has 1 aliphatic heterocycles. The van der Waals surface area contributed by atoms with Gasteiger partial charge >= 0.3 is 0 Å². The number of ether oxygens (including phenoxy) is 1. The summed E-state index contributed by atoms with van der Waals surface area (Å²) in [4.78, 5) is 13.8. The summed E-state index contributed by atoms with van der Waals surface area (Å²) in [6.45, 7) is 12.2. The fourth-order valence-corrected chi connectivity index (χ4v) is 4.71. The molecule has 6 nitrogen and oxygen atoms in total. The number of nitrogens with one attached hydrogen (secondary N) is 1. The zero-order valence-corrected chi connectivity index (χ0v) is 20.8. The van der Waals surface area contributed by atoms with Gasteiger partial charge in [0.2, 0.25) is 0 Å². The van der Waals surface area contributed by atoms with E-state index in [1.54, 1.807) is 23.1 Å². The normalized spacial score (nSPS) is 18.4. The van der Waals surface area contributed by atoms with E-state index in [2.05, 4.69) is 11.3 Å². The molecule has 1 saturated heterocycles. The molecule has 9 heteroatoms. The molecule has 3 atom stereocenters. The summed E-state index contributed by atoms with van der Waals surface area (Å²) in [5.74, 6) is 0.360. The van der Waals surface area contributed by atoms with E-state index in [1.165, 1.54) is 6.92 Å². The topological polar surface area (TPSA) is 84.9 Å². The molecule has 2 N–H and O–H groups in total. The highest BCUT2D eigenvalue weighted by atomic mass is 35.5. The van der Waals surface area contributed by atoms with Crippen LogP contribution in [0.25, 0.3) is 0 Å². The quantitative estimate of drug-likeness (QED) is 0.419. The molecule has 0 aliphatic carbocycles. The van der Waals surface area contributed by atoms with E-state index < -0.39 is 22.2 Å². The van der Waals surface area contributed by atoms with Gasteiger partial charge in [-0.2, -0.15) is 0 Å². The number of carbonyl (C=O) groups excluding carboxylic acids is 1. The Labute approximate surface area is 198 Å². The van der Waals surface area contributed by atoms with Gasteiger partial charge in [-0.05, 0) is 52.5 Å². The summed E-state index contributed by atoms with van der Waals surface area (Å²) in [5, 5.41) is 10.4. The smallest absolute Gasteiger partial charge is 0.251 e. The lowest BCUT2D eigenvalue weighted by Crippen LogP contribution is -2.48. The maximum Gasteiger partial charge on any atom is 0.251 e. The van der Waals surface area contributed by atoms with Gasteiger partial charge in [-0.3, -0.25) is 4.79 Å². The van der Waals surface area contributed by atoms with Crippen LogP contribution in [-0.4, -0.2) is 51.0 Å². The predicted octanol–water partition coefficient (Wildman–Crippen LogP) is 4.27. The molecule has 2 unspecified atom stereocenters. The highest BCUT2D eigenvalue weighted by molar-refractivity contribution is 7.90. The number of carbonyl (C=O) groups is 1. The van der Waals surface area contributed by atoms with Crippen LogP contribution in [0.4, 0.5) is 0 Å². The van der Waals surface area contributed by atoms with Crippen LogP contribution >= 0.6 is 23.2 Å². The largest absolute Gasteiger partial charge is 0.598 e. The van der Waals surface area contributed by atoms with E-state index in [1.807, 2.05) is 20.8 Å². The number of hydrogen-bond donors (Lipinski definition) is 2. The van der Waals surface area contributed by atoms with Crippen LogP contribution in [0.2, 0.25) is 10.0 Å². The molecule has 1 aromatic carbocycles. The molecule has 0 radical (unpaired) electrons. The Morgan fingerprint density at radius 1 is 1.39 bits per heavy atom. The molecule has 174 valence electrons. The summed E-state index contributed by atoms with van der Waals surface area (Å²) in [7, 11) is 0. The Hall–Kier alpha value is -0.960. The summed E-state index contributed by atoms with van der Waals surface area (Å²) < 4.78 is 21.7. The van der Waals surface area contributed by atoms with Crippen molar-refractivity contribution in [2.45, 2.75) is 57.4 Å². The molecule has 2 rings (SSSR count). The van der Waals surface area contributed by atoms with Crippen molar-refractivity contribution in [1.29, 1.82) is 0 Å². The molecule has 31 heavy (non-hydrogen) atoms. The number of nitrogens with zero attached hydrogens (tertiary/aromatic N) is 1. The van der Waals surface area contributed by atoms with Crippen molar-refractivity contribution >= 4 is 40.5 Å². The number of hydrogen-bond acceptors (Lipinski definition) is 5. The van der Waals surface area contributed by atoms with Gasteiger partial charge in [0, 0.05) is 36.1 Å². The molecule has 1 heterocycles. The Bertz CT molecular complexity index is 778. The van der Waals surface area contributed by atoms with Crippen molar-refractivity contribution in [3.63, 3.8) is 0 Å². The van der Waals surface area contributed by atoms with Gasteiger partial charge in [0.25, 0.3) is 5.91 Å². The van der Waals surface area contributed by atoms with E-state index in [0.29, 0.717) is 48.3 Å². The number of likely N-dealkylation sites (tertiary alicyclic amines) is 1. The Morgan fingerprint density at radius 3 is 2.48 bits per heavy atom. The zero-order chi connectivity index (χ0) is 23.3. The molecule has 0 bridgehead atoms. The summed E-state index contributed by atoms with van der Waals surface area (Å²) >= 11 is 11.2. The first-order valence-electron chi connectivity index (χ1n) is 10.3. The number of aliphatic hydroxyl groups is 1. The molecule has 0 saturated carbocycles. The third-order valence-corrected chi connectivity index (χ3v) is 7.52. The SMILES string of the molecule is C=CCOc1cc(Cl)c(Cl)cc1[C@H](N[S+]([O-])C(C)(C)C)C1CCN(C(=O)C(C)O)CC1. The Kier molecular flexibility index (Phi) is 9.55. The minimum Gasteiger partial charge on any atom is -0.598 e. The van der Waals surface area contributed by atoms with Gasteiger partial charge in [0.15, 0.2) is 0 Å². The minimum absolute atomic E-state index is 0.0765. The van der Waals surface area contributed by atoms with Gasteiger partial charge in [0.05, 0.1) is 16.1 Å². The standard InChI is InChI=1S/C22H32Cl2N2O4S/c1-6-11-30-19-13-18(24)17(23)12-16(19)20(25-31(29)22(3,4)5)15-7-9-26(10-8-15)21(28)14(2)27/h6,12-15,20,25,27H,1,7-11H2,2-5H3/t14?,20-,31?/m1/s1. The lowest BCUT2D eigenvalue weighted by atomic mass is 9.85. The third kappa shape index (κ3) is 7.01. The number of rotatable bonds is 8. The van der Waals surface area contributed by atoms with Crippen molar-refractivity contribution in [3.8, 4) is 5.75 Å². The minimum atomic E-state index is -1.34. The fraction of sp³-hybridized carbons (Fsp3) is 0.591. The van der Waals surface area contributed by atoms with Gasteiger partial charge in [-0.15, -0.1) is 4.72 Å². The molecule has 1 fully saturated rings. The maximum absolute atomic E-state index is 13.0. The van der Waals surface area contributed by atoms with Crippen LogP contribution in [0.5, 0.6) is 5.75 Å². The molecule has 1 aliphatic rings. The number of piperidine rings is 1. The van der Waals surface area contributed by atoms with E-state index in [9.17, 15) is 14.5 Å². The average molecular weight is 491 g/mol. The highest BCUT2D eigenvalue weighted by Crippen LogP contribution is 2.40. The third-order valence-electron chi connectivity index (χ3n) is 5.21. The highest BCUT2D eigenvalue weighted by Gasteiger charge is 2.37. The fourth-order valence-electron chi connectivity index (χ4n) is 3.48. The summed E-state index contributed by atoms with van der Waals surface area (Å²) in [6, 6.07) is 3.11. The number of amides is 1. The Morgan fingerprint density at radius 2 is 1.97 bits per heavy atom. The second-order valence-electron chi connectivity index (χ2n) is 8.72. The van der Waals surface area contributed by atoms with E-state index in [0.717, 1.165) is 5.56 Å². The zero-order valence-electron chi connectivity index (χ0n) is 18.5. The first kappa shape index (κ1) is 26.3. The van der Waals surface area contributed by atoms with Crippen LogP contribution in [0.3, 0.4) is 0 Å². The second kappa shape index (κ2) is 11.3. The van der Waals surface area contributed by atoms with E-state index >= 15 is 0 Å². The molecular formula is C22H32Cl2N2O4S. The lowest BCUT2D eigenvalue weighted by Gasteiger charge is -2.38. The number of halogens is 2. The van der Waals surface area contributed by atoms with Crippen molar-refractivity contribution in [1.82, 2.24) is 9.62 Å². The first-order chi connectivity index (χ1) is 14.5. The van der Waals surface area contributed by atoms with Crippen molar-refractivity contribution in [2.75, 3.05) is 19.7 Å². The van der Waals surface area contributed by atoms with E-state index in [4.69, 9.17) is 27.9 Å². The average Bonchev–Trinajstić information content (AvgIpc) is 2.71. The van der Waals surface area contributed by atoms with E-state index in [-0.39, 0.29) is 17.9 Å². The van der Waals surface area contributed by atoms with Gasteiger partial charge in [0.1, 0.15) is 23.2 Å². The van der Waals surface area contributed by atoms with Gasteiger partial charge in [-0.1, -0.05) is 35.9 Å². The summed E-state index contributed by atoms with van der Waals surface area (Å²) in [5.41, 5.74) is 0.772. The first-order valence-corrected chi connectivity index (χ1v) is 12.2. The van der Waals surface area contributed by atoms with Crippen LogP contribution < -0.4 is 9.46 Å². The lowest BCUT2D eigenvalue weighted by molar-refractivity contribution is -0.140. The monoisotopic (exact) mass is 490 g/mol. The number of aliphatic hydroxyl groups excluding tert-OH is 1. The van der Waals surface area contributed by atoms with Crippen LogP contribution in [0.1, 0.15) is 52.1 Å².